The molecule has 1 aromatic heterocycles. The van der Waals surface area contributed by atoms with Gasteiger partial charge in [0.05, 0.1) is 23.9 Å². The second-order valence-electron chi connectivity index (χ2n) is 10.8. The molecule has 3 aromatic rings. The number of aromatic nitrogens is 2. The van der Waals surface area contributed by atoms with Crippen LogP contribution in [0.2, 0.25) is 0 Å². The molecule has 0 unspecified atom stereocenters. The molecule has 0 spiro atoms. The number of para-hydroxylation sites is 1. The molecule has 2 aliphatic heterocycles. The fraction of sp³-hybridized carbons (Fsp3) is 0.433. The molecule has 11 nitrogen and oxygen atoms in total. The van der Waals surface area contributed by atoms with E-state index in [4.69, 9.17) is 4.74 Å². The van der Waals surface area contributed by atoms with Gasteiger partial charge in [-0.2, -0.15) is 5.10 Å². The summed E-state index contributed by atoms with van der Waals surface area (Å²) in [5.41, 5.74) is 1.07. The number of methoxy groups -OCH3 is 1. The van der Waals surface area contributed by atoms with Crippen LogP contribution >= 0.6 is 0 Å². The minimum atomic E-state index is -0.947. The van der Waals surface area contributed by atoms with Gasteiger partial charge in [-0.15, -0.1) is 0 Å². The third-order valence-electron chi connectivity index (χ3n) is 7.85. The Labute approximate surface area is 240 Å². The molecular weight excluding hydrogens is 522 g/mol. The average molecular weight is 562 g/mol. The van der Waals surface area contributed by atoms with E-state index in [0.717, 1.165) is 13.1 Å². The average Bonchev–Trinajstić information content (AvgIpc) is 3.60. The van der Waals surface area contributed by atoms with Gasteiger partial charge in [-0.3, -0.25) is 15.0 Å². The number of amides is 3. The van der Waals surface area contributed by atoms with Crippen molar-refractivity contribution < 1.29 is 19.4 Å². The fourth-order valence-corrected chi connectivity index (χ4v) is 5.54. The number of ether oxygens (including phenoxy) is 1. The van der Waals surface area contributed by atoms with Gasteiger partial charge in [0, 0.05) is 45.3 Å². The van der Waals surface area contributed by atoms with Gasteiger partial charge >= 0.3 is 6.03 Å². The number of nitrogens with zero attached hydrogens (tertiary/aromatic N) is 3. The second kappa shape index (κ2) is 13.3. The Morgan fingerprint density at radius 2 is 1.78 bits per heavy atom. The van der Waals surface area contributed by atoms with E-state index in [1.165, 1.54) is 5.56 Å². The summed E-state index contributed by atoms with van der Waals surface area (Å²) < 4.78 is 6.82. The fourth-order valence-electron chi connectivity index (χ4n) is 5.54. The molecule has 0 saturated carbocycles. The number of rotatable bonds is 10. The summed E-state index contributed by atoms with van der Waals surface area (Å²) in [4.78, 5) is 28.7. The minimum Gasteiger partial charge on any atom is -0.388 e. The van der Waals surface area contributed by atoms with E-state index in [2.05, 4.69) is 43.4 Å². The van der Waals surface area contributed by atoms with Crippen LogP contribution in [0, 0.1) is 0 Å². The van der Waals surface area contributed by atoms with E-state index in [9.17, 15) is 14.7 Å². The zero-order valence-electron chi connectivity index (χ0n) is 23.4. The largest absolute Gasteiger partial charge is 0.388 e. The molecule has 218 valence electrons. The molecule has 41 heavy (non-hydrogen) atoms. The molecule has 2 aliphatic rings. The van der Waals surface area contributed by atoms with Crippen molar-refractivity contribution >= 4 is 17.8 Å². The Hall–Kier alpha value is -3.77. The van der Waals surface area contributed by atoms with Crippen LogP contribution in [0.3, 0.4) is 0 Å². The number of carbonyl (C=O) groups excluding carboxylic acids is 2. The molecule has 3 amide bonds. The second-order valence-corrected chi connectivity index (χ2v) is 10.8. The molecule has 2 atom stereocenters. The van der Waals surface area contributed by atoms with E-state index < -0.39 is 11.5 Å². The molecular formula is C30H39N7O4. The molecule has 2 aromatic carbocycles. The van der Waals surface area contributed by atoms with Crippen molar-refractivity contribution in [3.8, 4) is 5.69 Å². The van der Waals surface area contributed by atoms with Crippen LogP contribution in [0.1, 0.15) is 34.8 Å². The Morgan fingerprint density at radius 1 is 1.07 bits per heavy atom. The number of benzene rings is 2. The molecule has 11 heteroatoms. The van der Waals surface area contributed by atoms with Crippen molar-refractivity contribution in [3.05, 3.63) is 78.0 Å². The highest BCUT2D eigenvalue weighted by atomic mass is 16.5. The zero-order chi connectivity index (χ0) is 28.7. The first-order valence-electron chi connectivity index (χ1n) is 14.1. The van der Waals surface area contributed by atoms with E-state index in [1.54, 1.807) is 17.9 Å². The third kappa shape index (κ3) is 7.31. The first kappa shape index (κ1) is 28.7. The van der Waals surface area contributed by atoms with Crippen molar-refractivity contribution in [3.63, 3.8) is 0 Å². The maximum Gasteiger partial charge on any atom is 0.320 e. The van der Waals surface area contributed by atoms with Crippen molar-refractivity contribution in [1.82, 2.24) is 30.6 Å². The van der Waals surface area contributed by atoms with Crippen LogP contribution < -0.4 is 21.3 Å². The van der Waals surface area contributed by atoms with Gasteiger partial charge in [-0.05, 0) is 43.6 Å². The number of nitrogens with one attached hydrogen (secondary N) is 4. The van der Waals surface area contributed by atoms with Crippen molar-refractivity contribution in [1.29, 1.82) is 0 Å². The lowest BCUT2D eigenvalue weighted by Crippen LogP contribution is -2.49. The molecule has 2 fully saturated rings. The Kier molecular flexibility index (Phi) is 9.30. The maximum atomic E-state index is 13.4. The van der Waals surface area contributed by atoms with E-state index in [0.29, 0.717) is 50.6 Å². The number of urea groups is 1. The van der Waals surface area contributed by atoms with Crippen LogP contribution in [0.4, 0.5) is 10.6 Å². The monoisotopic (exact) mass is 561 g/mol. The van der Waals surface area contributed by atoms with E-state index in [1.807, 2.05) is 48.5 Å². The lowest BCUT2D eigenvalue weighted by atomic mass is 9.92. The van der Waals surface area contributed by atoms with Crippen molar-refractivity contribution in [2.24, 2.45) is 0 Å². The van der Waals surface area contributed by atoms with Gasteiger partial charge in [0.1, 0.15) is 5.82 Å². The number of piperidine rings is 1. The number of anilines is 1. The summed E-state index contributed by atoms with van der Waals surface area (Å²) in [5, 5.41) is 27.4. The molecule has 5 N–H and O–H groups in total. The van der Waals surface area contributed by atoms with Crippen LogP contribution in [0.25, 0.3) is 5.69 Å². The first-order chi connectivity index (χ1) is 19.9. The molecule has 2 saturated heterocycles. The highest BCUT2D eigenvalue weighted by molar-refractivity contribution is 5.95. The van der Waals surface area contributed by atoms with Crippen LogP contribution in [0.5, 0.6) is 0 Å². The summed E-state index contributed by atoms with van der Waals surface area (Å²) in [6.07, 6.45) is 1.12. The molecule has 0 radical (unpaired) electrons. The van der Waals surface area contributed by atoms with Crippen molar-refractivity contribution in [2.45, 2.75) is 30.4 Å². The predicted molar refractivity (Wildman–Crippen MR) is 156 cm³/mol. The SMILES string of the molecule is COCCN1C[C@@H](NC(=O)Nc2cc(C(=O)NCC3(O)CCNCC3)nn2-c2ccccc2)[C@H](c2ccccc2)C1. The van der Waals surface area contributed by atoms with E-state index >= 15 is 0 Å². The van der Waals surface area contributed by atoms with Crippen LogP contribution in [-0.4, -0.2) is 96.4 Å². The number of carbonyl (C=O) groups is 2. The van der Waals surface area contributed by atoms with Crippen molar-refractivity contribution in [2.75, 3.05) is 58.3 Å². The topological polar surface area (TPSA) is 133 Å². The highest BCUT2D eigenvalue weighted by Gasteiger charge is 2.35. The molecule has 0 aliphatic carbocycles. The highest BCUT2D eigenvalue weighted by Crippen LogP contribution is 2.28. The number of hydrogen-bond acceptors (Lipinski definition) is 7. The minimum absolute atomic E-state index is 0.115. The summed E-state index contributed by atoms with van der Waals surface area (Å²) in [6.45, 7) is 4.45. The normalized spacial score (nSPS) is 20.4. The first-order valence-corrected chi connectivity index (χ1v) is 14.1. The Bertz CT molecular complexity index is 1290. The third-order valence-corrected chi connectivity index (χ3v) is 7.85. The van der Waals surface area contributed by atoms with Gasteiger partial charge in [0.2, 0.25) is 0 Å². The summed E-state index contributed by atoms with van der Waals surface area (Å²) in [5.74, 6) is 0.0775. The quantitative estimate of drug-likeness (QED) is 0.256. The number of likely N-dealkylation sites (tertiary alicyclic amines) is 1. The van der Waals surface area contributed by atoms with Gasteiger partial charge < -0.3 is 25.8 Å². The van der Waals surface area contributed by atoms with Gasteiger partial charge in [0.15, 0.2) is 5.69 Å². The van der Waals surface area contributed by atoms with Gasteiger partial charge in [0.25, 0.3) is 5.91 Å². The number of hydrogen-bond donors (Lipinski definition) is 5. The summed E-state index contributed by atoms with van der Waals surface area (Å²) in [6, 6.07) is 20.6. The van der Waals surface area contributed by atoms with Crippen LogP contribution in [0.15, 0.2) is 66.7 Å². The maximum absolute atomic E-state index is 13.4. The number of aliphatic hydroxyl groups is 1. The smallest absolute Gasteiger partial charge is 0.320 e. The van der Waals surface area contributed by atoms with Gasteiger partial charge in [-0.25, -0.2) is 9.48 Å². The lowest BCUT2D eigenvalue weighted by Gasteiger charge is -2.32. The molecule has 3 heterocycles. The lowest BCUT2D eigenvalue weighted by molar-refractivity contribution is 0.0112. The summed E-state index contributed by atoms with van der Waals surface area (Å²) in [7, 11) is 1.69. The predicted octanol–water partition coefficient (Wildman–Crippen LogP) is 1.95. The standard InChI is InChI=1S/C30H39N7O4/c1-41-17-16-36-19-24(22-8-4-2-5-9-22)26(20-36)33-29(39)34-27-18-25(35-37(27)23-10-6-3-7-11-23)28(38)32-21-30(40)12-14-31-15-13-30/h2-11,18,24,26,31,40H,12-17,19-21H2,1H3,(H,32,38)(H2,33,34,39)/t24-,26+/m0/s1. The Morgan fingerprint density at radius 3 is 2.49 bits per heavy atom. The van der Waals surface area contributed by atoms with Crippen LogP contribution in [-0.2, 0) is 4.74 Å². The molecule has 0 bridgehead atoms. The molecule has 5 rings (SSSR count). The van der Waals surface area contributed by atoms with E-state index in [-0.39, 0.29) is 30.2 Å². The van der Waals surface area contributed by atoms with Gasteiger partial charge in [-0.1, -0.05) is 48.5 Å². The zero-order valence-corrected chi connectivity index (χ0v) is 23.4. The Balaban J connectivity index is 1.31. The summed E-state index contributed by atoms with van der Waals surface area (Å²) >= 11 is 0.